The van der Waals surface area contributed by atoms with Gasteiger partial charge in [0.15, 0.2) is 6.61 Å². The Morgan fingerprint density at radius 2 is 1.72 bits per heavy atom. The van der Waals surface area contributed by atoms with E-state index in [1.165, 1.54) is 11.1 Å². The number of hydrogen-bond acceptors (Lipinski definition) is 3. The Hall–Kier alpha value is -2.82. The smallest absolute Gasteiger partial charge is 0.276 e. The monoisotopic (exact) mass is 338 g/mol. The third-order valence-corrected chi connectivity index (χ3v) is 4.43. The first-order valence-corrected chi connectivity index (χ1v) is 8.44. The lowest BCUT2D eigenvalue weighted by Crippen LogP contribution is -2.43. The van der Waals surface area contributed by atoms with Gasteiger partial charge >= 0.3 is 0 Å². The topological polar surface area (TPSA) is 67.4 Å². The van der Waals surface area contributed by atoms with Crippen LogP contribution < -0.4 is 15.6 Å². The minimum atomic E-state index is -0.405. The van der Waals surface area contributed by atoms with Crippen LogP contribution in [0, 0.1) is 13.8 Å². The van der Waals surface area contributed by atoms with Crippen LogP contribution in [0.1, 0.15) is 39.0 Å². The lowest BCUT2D eigenvalue weighted by atomic mass is 10.1. The molecule has 0 fully saturated rings. The fourth-order valence-corrected chi connectivity index (χ4v) is 3.11. The number of benzene rings is 2. The highest BCUT2D eigenvalue weighted by Crippen LogP contribution is 2.23. The predicted molar refractivity (Wildman–Crippen MR) is 95.5 cm³/mol. The predicted octanol–water partition coefficient (Wildman–Crippen LogP) is 2.63. The van der Waals surface area contributed by atoms with E-state index in [9.17, 15) is 9.59 Å². The number of nitrogens with one attached hydrogen (secondary N) is 2. The van der Waals surface area contributed by atoms with Crippen molar-refractivity contribution in [2.75, 3.05) is 6.61 Å². The molecule has 5 nitrogen and oxygen atoms in total. The second-order valence-corrected chi connectivity index (χ2v) is 6.35. The van der Waals surface area contributed by atoms with Crippen LogP contribution in [0.2, 0.25) is 0 Å². The minimum Gasteiger partial charge on any atom is -0.483 e. The van der Waals surface area contributed by atoms with Gasteiger partial charge in [0.1, 0.15) is 5.75 Å². The summed E-state index contributed by atoms with van der Waals surface area (Å²) in [5.41, 5.74) is 9.85. The number of fused-ring (bicyclic) bond motifs is 1. The number of hydrazine groups is 1. The van der Waals surface area contributed by atoms with Crippen LogP contribution in [0.25, 0.3) is 0 Å². The largest absolute Gasteiger partial charge is 0.483 e. The number of ether oxygens (including phenoxy) is 1. The van der Waals surface area contributed by atoms with Gasteiger partial charge in [0.2, 0.25) is 0 Å². The van der Waals surface area contributed by atoms with Gasteiger partial charge in [0, 0.05) is 5.56 Å². The van der Waals surface area contributed by atoms with E-state index in [0.29, 0.717) is 11.3 Å². The molecule has 0 unspecified atom stereocenters. The molecule has 5 heteroatoms. The van der Waals surface area contributed by atoms with Gasteiger partial charge in [-0.2, -0.15) is 0 Å². The molecular weight excluding hydrogens is 316 g/mol. The fraction of sp³-hybridized carbons (Fsp3) is 0.300. The first-order chi connectivity index (χ1) is 12.0. The molecule has 0 radical (unpaired) electrons. The normalized spacial score (nSPS) is 12.4. The standard InChI is InChI=1S/C20H22N2O3/c1-13-5-3-6-14(2)19(13)25-12-18(23)21-22-20(24)17-10-9-15-7-4-8-16(15)11-17/h3,5-6,9-11H,4,7-8,12H2,1-2H3,(H,21,23)(H,22,24). The quantitative estimate of drug-likeness (QED) is 0.842. The number of amides is 2. The van der Waals surface area contributed by atoms with Gasteiger partial charge < -0.3 is 4.74 Å². The van der Waals surface area contributed by atoms with Crippen molar-refractivity contribution in [1.29, 1.82) is 0 Å². The van der Waals surface area contributed by atoms with E-state index in [2.05, 4.69) is 10.9 Å². The molecule has 25 heavy (non-hydrogen) atoms. The van der Waals surface area contributed by atoms with Crippen LogP contribution in [-0.4, -0.2) is 18.4 Å². The third-order valence-electron chi connectivity index (χ3n) is 4.43. The minimum absolute atomic E-state index is 0.157. The van der Waals surface area contributed by atoms with E-state index in [0.717, 1.165) is 30.4 Å². The molecule has 1 aliphatic rings. The van der Waals surface area contributed by atoms with Crippen LogP contribution in [-0.2, 0) is 17.6 Å². The molecule has 2 amide bonds. The molecule has 0 atom stereocenters. The fourth-order valence-electron chi connectivity index (χ4n) is 3.11. The second-order valence-electron chi connectivity index (χ2n) is 6.35. The van der Waals surface area contributed by atoms with Gasteiger partial charge in [0.05, 0.1) is 0 Å². The molecule has 130 valence electrons. The summed E-state index contributed by atoms with van der Waals surface area (Å²) in [6, 6.07) is 11.5. The van der Waals surface area contributed by atoms with Crippen molar-refractivity contribution >= 4 is 11.8 Å². The molecule has 0 aromatic heterocycles. The van der Waals surface area contributed by atoms with Crippen molar-refractivity contribution < 1.29 is 14.3 Å². The van der Waals surface area contributed by atoms with Crippen molar-refractivity contribution in [3.8, 4) is 5.75 Å². The van der Waals surface area contributed by atoms with Gasteiger partial charge in [-0.05, 0) is 67.5 Å². The van der Waals surface area contributed by atoms with Crippen molar-refractivity contribution in [2.24, 2.45) is 0 Å². The zero-order valence-electron chi connectivity index (χ0n) is 14.5. The Bertz CT molecular complexity index is 794. The van der Waals surface area contributed by atoms with E-state index in [1.54, 1.807) is 6.07 Å². The maximum Gasteiger partial charge on any atom is 0.276 e. The summed E-state index contributed by atoms with van der Waals surface area (Å²) < 4.78 is 5.56. The van der Waals surface area contributed by atoms with Gasteiger partial charge in [-0.3, -0.25) is 20.4 Å². The Morgan fingerprint density at radius 3 is 2.48 bits per heavy atom. The molecule has 0 spiro atoms. The molecule has 0 saturated heterocycles. The molecule has 2 N–H and O–H groups in total. The maximum atomic E-state index is 12.2. The molecule has 0 heterocycles. The molecular formula is C20H22N2O3. The first-order valence-electron chi connectivity index (χ1n) is 8.44. The van der Waals surface area contributed by atoms with Crippen molar-refractivity contribution in [3.63, 3.8) is 0 Å². The Balaban J connectivity index is 1.51. The summed E-state index contributed by atoms with van der Waals surface area (Å²) in [4.78, 5) is 24.1. The van der Waals surface area contributed by atoms with E-state index in [4.69, 9.17) is 4.74 Å². The van der Waals surface area contributed by atoms with Crippen LogP contribution in [0.4, 0.5) is 0 Å². The molecule has 0 aliphatic heterocycles. The van der Waals surface area contributed by atoms with Crippen molar-refractivity contribution in [1.82, 2.24) is 10.9 Å². The Labute approximate surface area is 147 Å². The van der Waals surface area contributed by atoms with E-state index in [-0.39, 0.29) is 12.5 Å². The molecule has 3 rings (SSSR count). The summed E-state index contributed by atoms with van der Waals surface area (Å²) in [6.45, 7) is 3.70. The number of carbonyl (C=O) groups excluding carboxylic acids is 2. The molecule has 1 aliphatic carbocycles. The lowest BCUT2D eigenvalue weighted by Gasteiger charge is -2.12. The summed E-state index contributed by atoms with van der Waals surface area (Å²) in [5, 5.41) is 0. The Morgan fingerprint density at radius 1 is 1.00 bits per heavy atom. The summed E-state index contributed by atoms with van der Waals surface area (Å²) in [7, 11) is 0. The zero-order valence-corrected chi connectivity index (χ0v) is 14.5. The van der Waals surface area contributed by atoms with Gasteiger partial charge in [-0.15, -0.1) is 0 Å². The Kier molecular flexibility index (Phi) is 5.03. The number of rotatable bonds is 4. The van der Waals surface area contributed by atoms with Crippen molar-refractivity contribution in [2.45, 2.75) is 33.1 Å². The number of carbonyl (C=O) groups is 2. The average molecular weight is 338 g/mol. The SMILES string of the molecule is Cc1cccc(C)c1OCC(=O)NNC(=O)c1ccc2c(c1)CCC2. The first kappa shape index (κ1) is 17.0. The highest BCUT2D eigenvalue weighted by Gasteiger charge is 2.14. The maximum absolute atomic E-state index is 12.2. The summed E-state index contributed by atoms with van der Waals surface area (Å²) >= 11 is 0. The van der Waals surface area contributed by atoms with Crippen LogP contribution >= 0.6 is 0 Å². The van der Waals surface area contributed by atoms with E-state index in [1.807, 2.05) is 44.2 Å². The summed E-state index contributed by atoms with van der Waals surface area (Å²) in [5.74, 6) is -0.0325. The highest BCUT2D eigenvalue weighted by molar-refractivity contribution is 5.95. The number of aryl methyl sites for hydroxylation is 4. The zero-order chi connectivity index (χ0) is 17.8. The van der Waals surface area contributed by atoms with Crippen LogP contribution in [0.15, 0.2) is 36.4 Å². The highest BCUT2D eigenvalue weighted by atomic mass is 16.5. The lowest BCUT2D eigenvalue weighted by molar-refractivity contribution is -0.123. The van der Waals surface area contributed by atoms with Gasteiger partial charge in [0.25, 0.3) is 11.8 Å². The van der Waals surface area contributed by atoms with Crippen LogP contribution in [0.5, 0.6) is 5.75 Å². The van der Waals surface area contributed by atoms with Gasteiger partial charge in [-0.1, -0.05) is 24.3 Å². The number of hydrogen-bond donors (Lipinski definition) is 2. The third kappa shape index (κ3) is 3.99. The van der Waals surface area contributed by atoms with Crippen LogP contribution in [0.3, 0.4) is 0 Å². The second kappa shape index (κ2) is 7.38. The van der Waals surface area contributed by atoms with Gasteiger partial charge in [-0.25, -0.2) is 0 Å². The molecule has 2 aromatic rings. The van der Waals surface area contributed by atoms with E-state index >= 15 is 0 Å². The molecule has 2 aromatic carbocycles. The average Bonchev–Trinajstić information content (AvgIpc) is 3.07. The molecule has 0 bridgehead atoms. The number of para-hydroxylation sites is 1. The molecule has 0 saturated carbocycles. The summed E-state index contributed by atoms with van der Waals surface area (Å²) in [6.07, 6.45) is 3.21. The van der Waals surface area contributed by atoms with Crippen molar-refractivity contribution in [3.05, 3.63) is 64.2 Å². The van der Waals surface area contributed by atoms with E-state index < -0.39 is 5.91 Å².